The fraction of sp³-hybridized carbons (Fsp3) is 0.300. The molecule has 76 valence electrons. The third kappa shape index (κ3) is 3.12. The summed E-state index contributed by atoms with van der Waals surface area (Å²) in [7, 11) is 1.76. The third-order valence-electron chi connectivity index (χ3n) is 1.94. The number of rotatable bonds is 3. The minimum absolute atomic E-state index is 0.0326. The average Bonchev–Trinajstić information content (AvgIpc) is 2.20. The second-order valence-electron chi connectivity index (χ2n) is 3.01. The van der Waals surface area contributed by atoms with E-state index >= 15 is 0 Å². The molecule has 0 aromatic heterocycles. The Bertz CT molecular complexity index is 310. The first-order valence-corrected chi connectivity index (χ1v) is 5.16. The predicted molar refractivity (Wildman–Crippen MR) is 61.3 cm³/mol. The van der Waals surface area contributed by atoms with Crippen LogP contribution < -0.4 is 10.6 Å². The third-order valence-corrected chi connectivity index (χ3v) is 2.47. The minimum Gasteiger partial charge on any atom is -0.325 e. The van der Waals surface area contributed by atoms with Gasteiger partial charge in [-0.05, 0) is 38.2 Å². The molecule has 0 fully saturated rings. The van der Waals surface area contributed by atoms with E-state index < -0.39 is 0 Å². The van der Waals surface area contributed by atoms with E-state index in [1.165, 1.54) is 0 Å². The number of amides is 1. The second-order valence-corrected chi connectivity index (χ2v) is 3.92. The highest BCUT2D eigenvalue weighted by atomic mass is 79.9. The highest BCUT2D eigenvalue weighted by molar-refractivity contribution is 9.10. The Morgan fingerprint density at radius 2 is 1.93 bits per heavy atom. The van der Waals surface area contributed by atoms with Crippen LogP contribution in [0.1, 0.15) is 6.92 Å². The summed E-state index contributed by atoms with van der Waals surface area (Å²) in [5.74, 6) is -0.0326. The first kappa shape index (κ1) is 11.2. The van der Waals surface area contributed by atoms with Crippen LogP contribution in [0.5, 0.6) is 0 Å². The van der Waals surface area contributed by atoms with Crippen molar-refractivity contribution in [2.45, 2.75) is 13.0 Å². The first-order chi connectivity index (χ1) is 6.63. The fourth-order valence-corrected chi connectivity index (χ4v) is 1.18. The van der Waals surface area contributed by atoms with Crippen LogP contribution in [-0.4, -0.2) is 19.0 Å². The zero-order valence-electron chi connectivity index (χ0n) is 8.17. The van der Waals surface area contributed by atoms with Crippen molar-refractivity contribution in [3.05, 3.63) is 28.7 Å². The Balaban J connectivity index is 2.60. The van der Waals surface area contributed by atoms with Gasteiger partial charge in [-0.1, -0.05) is 15.9 Å². The molecule has 0 aliphatic heterocycles. The van der Waals surface area contributed by atoms with Crippen LogP contribution in [0, 0.1) is 0 Å². The molecule has 1 aromatic carbocycles. The number of carbonyl (C=O) groups excluding carboxylic acids is 1. The monoisotopic (exact) mass is 256 g/mol. The molecule has 0 aliphatic rings. The lowest BCUT2D eigenvalue weighted by molar-refractivity contribution is -0.117. The van der Waals surface area contributed by atoms with Gasteiger partial charge in [0, 0.05) is 10.2 Å². The average molecular weight is 257 g/mol. The highest BCUT2D eigenvalue weighted by Crippen LogP contribution is 2.14. The molecule has 4 heteroatoms. The van der Waals surface area contributed by atoms with Gasteiger partial charge in [0.2, 0.25) is 5.91 Å². The van der Waals surface area contributed by atoms with Crippen LogP contribution in [0.2, 0.25) is 0 Å². The maximum Gasteiger partial charge on any atom is 0.241 e. The highest BCUT2D eigenvalue weighted by Gasteiger charge is 2.09. The molecule has 0 radical (unpaired) electrons. The zero-order valence-corrected chi connectivity index (χ0v) is 9.76. The van der Waals surface area contributed by atoms with Gasteiger partial charge in [-0.25, -0.2) is 0 Å². The molecule has 1 rings (SSSR count). The Labute approximate surface area is 92.0 Å². The number of anilines is 1. The van der Waals surface area contributed by atoms with E-state index in [9.17, 15) is 4.79 Å². The Hall–Kier alpha value is -0.870. The van der Waals surface area contributed by atoms with Gasteiger partial charge in [0.15, 0.2) is 0 Å². The van der Waals surface area contributed by atoms with Crippen molar-refractivity contribution < 1.29 is 4.79 Å². The van der Waals surface area contributed by atoms with E-state index in [1.807, 2.05) is 31.2 Å². The van der Waals surface area contributed by atoms with Crippen LogP contribution >= 0.6 is 15.9 Å². The van der Waals surface area contributed by atoms with Crippen LogP contribution in [0.15, 0.2) is 28.7 Å². The van der Waals surface area contributed by atoms with E-state index in [4.69, 9.17) is 0 Å². The van der Waals surface area contributed by atoms with Crippen molar-refractivity contribution in [1.29, 1.82) is 0 Å². The maximum absolute atomic E-state index is 11.4. The molecule has 0 heterocycles. The Kier molecular flexibility index (Phi) is 4.10. The molecule has 0 bridgehead atoms. The number of halogens is 1. The summed E-state index contributed by atoms with van der Waals surface area (Å²) in [6.45, 7) is 1.81. The zero-order chi connectivity index (χ0) is 10.6. The molecule has 1 amide bonds. The Morgan fingerprint density at radius 3 is 2.43 bits per heavy atom. The molecule has 0 aliphatic carbocycles. The summed E-state index contributed by atoms with van der Waals surface area (Å²) in [4.78, 5) is 11.4. The van der Waals surface area contributed by atoms with Gasteiger partial charge >= 0.3 is 0 Å². The second kappa shape index (κ2) is 5.12. The number of hydrogen-bond donors (Lipinski definition) is 2. The van der Waals surface area contributed by atoms with Gasteiger partial charge < -0.3 is 10.6 Å². The summed E-state index contributed by atoms with van der Waals surface area (Å²) < 4.78 is 0.997. The fourth-order valence-electron chi connectivity index (χ4n) is 0.915. The molecule has 0 saturated carbocycles. The van der Waals surface area contributed by atoms with Crippen molar-refractivity contribution in [2.75, 3.05) is 12.4 Å². The van der Waals surface area contributed by atoms with E-state index in [0.29, 0.717) is 0 Å². The van der Waals surface area contributed by atoms with Crippen LogP contribution in [0.4, 0.5) is 5.69 Å². The molecule has 2 N–H and O–H groups in total. The Morgan fingerprint density at radius 1 is 1.36 bits per heavy atom. The predicted octanol–water partition coefficient (Wildman–Crippen LogP) is 2.00. The van der Waals surface area contributed by atoms with Gasteiger partial charge in [0.05, 0.1) is 6.04 Å². The summed E-state index contributed by atoms with van der Waals surface area (Å²) >= 11 is 3.33. The number of nitrogens with one attached hydrogen (secondary N) is 2. The molecular formula is C10H13BrN2O. The molecule has 14 heavy (non-hydrogen) atoms. The molecular weight excluding hydrogens is 244 g/mol. The topological polar surface area (TPSA) is 41.1 Å². The number of benzene rings is 1. The van der Waals surface area contributed by atoms with Crippen LogP contribution in [0.25, 0.3) is 0 Å². The van der Waals surface area contributed by atoms with E-state index in [2.05, 4.69) is 26.6 Å². The van der Waals surface area contributed by atoms with Gasteiger partial charge in [0.1, 0.15) is 0 Å². The van der Waals surface area contributed by atoms with E-state index in [1.54, 1.807) is 7.05 Å². The molecule has 3 nitrogen and oxygen atoms in total. The van der Waals surface area contributed by atoms with E-state index in [-0.39, 0.29) is 11.9 Å². The SMILES string of the molecule is CNC(C)C(=O)Nc1ccc(Br)cc1. The first-order valence-electron chi connectivity index (χ1n) is 4.37. The van der Waals surface area contributed by atoms with Crippen LogP contribution in [-0.2, 0) is 4.79 Å². The van der Waals surface area contributed by atoms with Gasteiger partial charge in [-0.3, -0.25) is 4.79 Å². The molecule has 1 unspecified atom stereocenters. The minimum atomic E-state index is -0.182. The summed E-state index contributed by atoms with van der Waals surface area (Å²) in [6, 6.07) is 7.30. The molecule has 0 saturated heterocycles. The van der Waals surface area contributed by atoms with Gasteiger partial charge in [-0.2, -0.15) is 0 Å². The van der Waals surface area contributed by atoms with Crippen molar-refractivity contribution >= 4 is 27.5 Å². The lowest BCUT2D eigenvalue weighted by Gasteiger charge is -2.10. The largest absolute Gasteiger partial charge is 0.325 e. The smallest absolute Gasteiger partial charge is 0.241 e. The number of hydrogen-bond acceptors (Lipinski definition) is 2. The van der Waals surface area contributed by atoms with E-state index in [0.717, 1.165) is 10.2 Å². The number of likely N-dealkylation sites (N-methyl/N-ethyl adjacent to an activating group) is 1. The van der Waals surface area contributed by atoms with Crippen molar-refractivity contribution in [3.63, 3.8) is 0 Å². The van der Waals surface area contributed by atoms with Gasteiger partial charge in [-0.15, -0.1) is 0 Å². The van der Waals surface area contributed by atoms with Crippen molar-refractivity contribution in [3.8, 4) is 0 Å². The molecule has 1 atom stereocenters. The van der Waals surface area contributed by atoms with Crippen molar-refractivity contribution in [2.24, 2.45) is 0 Å². The van der Waals surface area contributed by atoms with Gasteiger partial charge in [0.25, 0.3) is 0 Å². The molecule has 0 spiro atoms. The maximum atomic E-state index is 11.4. The normalized spacial score (nSPS) is 12.2. The quantitative estimate of drug-likeness (QED) is 0.869. The van der Waals surface area contributed by atoms with Crippen molar-refractivity contribution in [1.82, 2.24) is 5.32 Å². The number of carbonyl (C=O) groups is 1. The summed E-state index contributed by atoms with van der Waals surface area (Å²) in [5, 5.41) is 5.67. The lowest BCUT2D eigenvalue weighted by Crippen LogP contribution is -2.35. The summed E-state index contributed by atoms with van der Waals surface area (Å²) in [5.41, 5.74) is 0.806. The molecule has 1 aromatic rings. The lowest BCUT2D eigenvalue weighted by atomic mass is 10.3. The van der Waals surface area contributed by atoms with Crippen LogP contribution in [0.3, 0.4) is 0 Å². The standard InChI is InChI=1S/C10H13BrN2O/c1-7(12-2)10(14)13-9-5-3-8(11)4-6-9/h3-7,12H,1-2H3,(H,13,14). The summed E-state index contributed by atoms with van der Waals surface area (Å²) in [6.07, 6.45) is 0.